The van der Waals surface area contributed by atoms with E-state index in [1.54, 1.807) is 0 Å². The quantitative estimate of drug-likeness (QED) is 0.676. The van der Waals surface area contributed by atoms with Crippen LogP contribution < -0.4 is 0 Å². The first kappa shape index (κ1) is 16.0. The zero-order valence-electron chi connectivity index (χ0n) is 12.0. The second-order valence-electron chi connectivity index (χ2n) is 5.69. The summed E-state index contributed by atoms with van der Waals surface area (Å²) in [5.41, 5.74) is 1.02. The first-order valence-electron chi connectivity index (χ1n) is 6.37. The highest BCUT2D eigenvalue weighted by Crippen LogP contribution is 2.45. The number of ether oxygens (including phenoxy) is 1. The summed E-state index contributed by atoms with van der Waals surface area (Å²) in [6, 6.07) is 0. The van der Waals surface area contributed by atoms with Gasteiger partial charge in [0.2, 0.25) is 0 Å². The number of aliphatic carboxylic acids is 1. The summed E-state index contributed by atoms with van der Waals surface area (Å²) in [5, 5.41) is 8.80. The maximum Gasteiger partial charge on any atom is 0.348 e. The smallest absolute Gasteiger partial charge is 0.348 e. The maximum atomic E-state index is 12.4. The normalized spacial score (nSPS) is 16.4. The SMILES string of the molecule is COC(=O)c1sc(SCC(=O)O)c2c1CC(C)(C)CC2=O. The van der Waals surface area contributed by atoms with Crippen molar-refractivity contribution in [2.24, 2.45) is 5.41 Å². The van der Waals surface area contributed by atoms with Crippen LogP contribution in [0.25, 0.3) is 0 Å². The molecular formula is C14H16O5S2. The van der Waals surface area contributed by atoms with Gasteiger partial charge in [-0.1, -0.05) is 13.8 Å². The summed E-state index contributed by atoms with van der Waals surface area (Å²) in [5.74, 6) is -1.58. The molecule has 5 nitrogen and oxygen atoms in total. The molecule has 1 aromatic heterocycles. The van der Waals surface area contributed by atoms with Gasteiger partial charge < -0.3 is 9.84 Å². The molecule has 1 aliphatic carbocycles. The topological polar surface area (TPSA) is 80.7 Å². The van der Waals surface area contributed by atoms with E-state index in [2.05, 4.69) is 0 Å². The van der Waals surface area contributed by atoms with Crippen LogP contribution in [0.3, 0.4) is 0 Å². The fourth-order valence-corrected chi connectivity index (χ4v) is 4.73. The van der Waals surface area contributed by atoms with Gasteiger partial charge in [-0.15, -0.1) is 23.1 Å². The van der Waals surface area contributed by atoms with Crippen molar-refractivity contribution in [1.29, 1.82) is 0 Å². The van der Waals surface area contributed by atoms with Crippen molar-refractivity contribution in [1.82, 2.24) is 0 Å². The van der Waals surface area contributed by atoms with E-state index in [0.717, 1.165) is 23.1 Å². The van der Waals surface area contributed by atoms with Gasteiger partial charge in [0.25, 0.3) is 0 Å². The van der Waals surface area contributed by atoms with Gasteiger partial charge >= 0.3 is 11.9 Å². The van der Waals surface area contributed by atoms with E-state index in [9.17, 15) is 14.4 Å². The molecule has 2 rings (SSSR count). The highest BCUT2D eigenvalue weighted by molar-refractivity contribution is 8.01. The third-order valence-electron chi connectivity index (χ3n) is 3.25. The third-order valence-corrected chi connectivity index (χ3v) is 5.71. The Hall–Kier alpha value is -1.34. The molecule has 0 aromatic carbocycles. The monoisotopic (exact) mass is 328 g/mol. The lowest BCUT2D eigenvalue weighted by molar-refractivity contribution is -0.133. The van der Waals surface area contributed by atoms with E-state index in [-0.39, 0.29) is 17.0 Å². The minimum atomic E-state index is -0.953. The second kappa shape index (κ2) is 5.81. The maximum absolute atomic E-state index is 12.4. The Bertz CT molecular complexity index is 615. The number of rotatable bonds is 4. The van der Waals surface area contributed by atoms with E-state index >= 15 is 0 Å². The predicted molar refractivity (Wildman–Crippen MR) is 80.5 cm³/mol. The Balaban J connectivity index is 2.50. The number of hydrogen-bond acceptors (Lipinski definition) is 6. The number of carbonyl (C=O) groups is 3. The molecule has 21 heavy (non-hydrogen) atoms. The fraction of sp³-hybridized carbons (Fsp3) is 0.500. The molecule has 0 bridgehead atoms. The zero-order valence-corrected chi connectivity index (χ0v) is 13.7. The van der Waals surface area contributed by atoms with Crippen LogP contribution >= 0.6 is 23.1 Å². The molecule has 0 amide bonds. The Morgan fingerprint density at radius 2 is 2.05 bits per heavy atom. The van der Waals surface area contributed by atoms with Crippen LogP contribution in [0.5, 0.6) is 0 Å². The van der Waals surface area contributed by atoms with Crippen LogP contribution in [0.2, 0.25) is 0 Å². The number of methoxy groups -OCH3 is 1. The van der Waals surface area contributed by atoms with Gasteiger partial charge in [-0.2, -0.15) is 0 Å². The summed E-state index contributed by atoms with van der Waals surface area (Å²) in [7, 11) is 1.30. The van der Waals surface area contributed by atoms with Gasteiger partial charge in [-0.3, -0.25) is 9.59 Å². The molecule has 1 aliphatic rings. The lowest BCUT2D eigenvalue weighted by Gasteiger charge is -2.29. The molecule has 114 valence electrons. The number of hydrogen-bond donors (Lipinski definition) is 1. The van der Waals surface area contributed by atoms with Gasteiger partial charge in [0.1, 0.15) is 4.88 Å². The third kappa shape index (κ3) is 3.29. The molecule has 0 fully saturated rings. The molecule has 1 aromatic rings. The lowest BCUT2D eigenvalue weighted by atomic mass is 9.74. The van der Waals surface area contributed by atoms with Gasteiger partial charge in [0.15, 0.2) is 5.78 Å². The first-order valence-corrected chi connectivity index (χ1v) is 8.17. The summed E-state index contributed by atoms with van der Waals surface area (Å²) in [4.78, 5) is 35.4. The number of ketones is 1. The number of carboxylic acids is 1. The number of Topliss-reactive ketones (excluding diaryl/α,β-unsaturated/α-hetero) is 1. The molecule has 0 aliphatic heterocycles. The van der Waals surface area contributed by atoms with Crippen molar-refractivity contribution in [3.05, 3.63) is 16.0 Å². The summed E-state index contributed by atoms with van der Waals surface area (Å²) >= 11 is 2.24. The molecular weight excluding hydrogens is 312 g/mol. The van der Waals surface area contributed by atoms with Crippen LogP contribution in [0.15, 0.2) is 4.21 Å². The Morgan fingerprint density at radius 3 is 2.62 bits per heavy atom. The van der Waals surface area contributed by atoms with Crippen molar-refractivity contribution in [3.63, 3.8) is 0 Å². The Kier molecular flexibility index (Phi) is 4.43. The molecule has 0 saturated heterocycles. The molecule has 1 N–H and O–H groups in total. The van der Waals surface area contributed by atoms with Gasteiger partial charge in [-0.05, 0) is 17.4 Å². The van der Waals surface area contributed by atoms with Gasteiger partial charge in [-0.25, -0.2) is 4.79 Å². The van der Waals surface area contributed by atoms with Crippen molar-refractivity contribution in [2.45, 2.75) is 30.9 Å². The van der Waals surface area contributed by atoms with E-state index in [1.807, 2.05) is 13.8 Å². The first-order chi connectivity index (χ1) is 9.75. The van der Waals surface area contributed by atoms with Crippen LogP contribution in [-0.4, -0.2) is 35.7 Å². The number of carbonyl (C=O) groups excluding carboxylic acids is 2. The number of thioether (sulfide) groups is 1. The molecule has 0 spiro atoms. The highest BCUT2D eigenvalue weighted by atomic mass is 32.2. The molecule has 0 radical (unpaired) electrons. The summed E-state index contributed by atoms with van der Waals surface area (Å²) in [6.45, 7) is 3.97. The molecule has 0 atom stereocenters. The molecule has 1 heterocycles. The Labute approximate surface area is 130 Å². The van der Waals surface area contributed by atoms with E-state index < -0.39 is 11.9 Å². The average molecular weight is 328 g/mol. The number of esters is 1. The molecule has 7 heteroatoms. The fourth-order valence-electron chi connectivity index (χ4n) is 2.44. The summed E-state index contributed by atoms with van der Waals surface area (Å²) in [6.07, 6.45) is 1.01. The average Bonchev–Trinajstić information content (AvgIpc) is 2.72. The number of carboxylic acid groups (broad SMARTS) is 1. The van der Waals surface area contributed by atoms with Crippen molar-refractivity contribution in [3.8, 4) is 0 Å². The van der Waals surface area contributed by atoms with E-state index in [4.69, 9.17) is 9.84 Å². The van der Waals surface area contributed by atoms with Gasteiger partial charge in [0, 0.05) is 12.0 Å². The molecule has 0 unspecified atom stereocenters. The van der Waals surface area contributed by atoms with Crippen LogP contribution in [-0.2, 0) is 16.0 Å². The van der Waals surface area contributed by atoms with E-state index in [0.29, 0.717) is 33.1 Å². The minimum absolute atomic E-state index is 0.0273. The largest absolute Gasteiger partial charge is 0.481 e. The van der Waals surface area contributed by atoms with Crippen molar-refractivity contribution < 1.29 is 24.2 Å². The Morgan fingerprint density at radius 1 is 1.38 bits per heavy atom. The zero-order chi connectivity index (χ0) is 15.8. The van der Waals surface area contributed by atoms with Gasteiger partial charge in [0.05, 0.1) is 17.1 Å². The van der Waals surface area contributed by atoms with Crippen molar-refractivity contribution in [2.75, 3.05) is 12.9 Å². The number of fused-ring (bicyclic) bond motifs is 1. The highest BCUT2D eigenvalue weighted by Gasteiger charge is 2.37. The second-order valence-corrected chi connectivity index (χ2v) is 7.95. The lowest BCUT2D eigenvalue weighted by Crippen LogP contribution is -2.27. The summed E-state index contributed by atoms with van der Waals surface area (Å²) < 4.78 is 5.38. The predicted octanol–water partition coefficient (Wildman–Crippen LogP) is 2.87. The van der Waals surface area contributed by atoms with Crippen LogP contribution in [0, 0.1) is 5.41 Å². The van der Waals surface area contributed by atoms with E-state index in [1.165, 1.54) is 7.11 Å². The number of thiophene rings is 1. The minimum Gasteiger partial charge on any atom is -0.481 e. The van der Waals surface area contributed by atoms with Crippen molar-refractivity contribution >= 4 is 40.8 Å². The molecule has 0 saturated carbocycles. The standard InChI is InChI=1S/C14H16O5S2/c1-14(2)4-7-10(8(15)5-14)13(20-6-9(16)17)21-11(7)12(18)19-3/h4-6H2,1-3H3,(H,16,17). The van der Waals surface area contributed by atoms with Crippen LogP contribution in [0.4, 0.5) is 0 Å². The van der Waals surface area contributed by atoms with Crippen LogP contribution in [0.1, 0.15) is 45.9 Å².